The lowest BCUT2D eigenvalue weighted by molar-refractivity contribution is 0.242. The molecule has 0 aliphatic carbocycles. The number of hydrogen-bond acceptors (Lipinski definition) is 6. The molecule has 28 heavy (non-hydrogen) atoms. The van der Waals surface area contributed by atoms with Crippen LogP contribution in [0.4, 0.5) is 5.82 Å². The summed E-state index contributed by atoms with van der Waals surface area (Å²) in [5.41, 5.74) is 3.81. The summed E-state index contributed by atoms with van der Waals surface area (Å²) in [5.74, 6) is 1.45. The van der Waals surface area contributed by atoms with Crippen LogP contribution in [0.3, 0.4) is 0 Å². The highest BCUT2D eigenvalue weighted by Crippen LogP contribution is 2.30. The Balaban J connectivity index is 1.54. The van der Waals surface area contributed by atoms with Gasteiger partial charge in [-0.05, 0) is 43.7 Å². The number of nitrogens with one attached hydrogen (secondary N) is 1. The van der Waals surface area contributed by atoms with Gasteiger partial charge in [0, 0.05) is 17.1 Å². The molecule has 0 unspecified atom stereocenters. The highest BCUT2D eigenvalue weighted by molar-refractivity contribution is 6.30. The summed E-state index contributed by atoms with van der Waals surface area (Å²) >= 11 is 5.96. The lowest BCUT2D eigenvalue weighted by Gasteiger charge is -2.10. The summed E-state index contributed by atoms with van der Waals surface area (Å²) in [4.78, 5) is 8.64. The van der Waals surface area contributed by atoms with Gasteiger partial charge in [0.2, 0.25) is 5.58 Å². The fourth-order valence-corrected chi connectivity index (χ4v) is 2.96. The molecule has 0 aliphatic heterocycles. The van der Waals surface area contributed by atoms with E-state index in [4.69, 9.17) is 20.9 Å². The van der Waals surface area contributed by atoms with Crippen LogP contribution in [0.2, 0.25) is 5.02 Å². The summed E-state index contributed by atoms with van der Waals surface area (Å²) in [6.45, 7) is 4.60. The molecule has 2 aromatic carbocycles. The Morgan fingerprint density at radius 3 is 2.50 bits per heavy atom. The summed E-state index contributed by atoms with van der Waals surface area (Å²) in [6, 6.07) is 15.3. The van der Waals surface area contributed by atoms with Gasteiger partial charge in [-0.15, -0.1) is 0 Å². The van der Waals surface area contributed by atoms with Crippen LogP contribution in [0.5, 0.6) is 5.75 Å². The average Bonchev–Trinajstić information content (AvgIpc) is 3.12. The third-order valence-corrected chi connectivity index (χ3v) is 4.38. The van der Waals surface area contributed by atoms with Crippen LogP contribution in [-0.2, 0) is 6.54 Å². The predicted octanol–water partition coefficient (Wildman–Crippen LogP) is 5.34. The van der Waals surface area contributed by atoms with E-state index in [1.165, 1.54) is 6.33 Å². The lowest BCUT2D eigenvalue weighted by atomic mass is 10.1. The van der Waals surface area contributed by atoms with Crippen molar-refractivity contribution in [2.45, 2.75) is 26.5 Å². The summed E-state index contributed by atoms with van der Waals surface area (Å²) in [6.07, 6.45) is 1.65. The van der Waals surface area contributed by atoms with E-state index in [1.54, 1.807) is 0 Å². The van der Waals surface area contributed by atoms with Crippen molar-refractivity contribution in [1.82, 2.24) is 15.1 Å². The third kappa shape index (κ3) is 3.92. The van der Waals surface area contributed by atoms with Gasteiger partial charge < -0.3 is 14.6 Å². The maximum absolute atomic E-state index is 5.96. The second-order valence-electron chi connectivity index (χ2n) is 6.60. The molecule has 0 bridgehead atoms. The van der Waals surface area contributed by atoms with E-state index in [1.807, 2.05) is 62.4 Å². The minimum absolute atomic E-state index is 0.152. The van der Waals surface area contributed by atoms with E-state index in [0.29, 0.717) is 34.2 Å². The van der Waals surface area contributed by atoms with Gasteiger partial charge in [0.15, 0.2) is 5.82 Å². The molecule has 2 heterocycles. The number of aromatic nitrogens is 3. The fraction of sp³-hybridized carbons (Fsp3) is 0.190. The highest BCUT2D eigenvalue weighted by Gasteiger charge is 2.16. The van der Waals surface area contributed by atoms with Crippen molar-refractivity contribution >= 4 is 28.5 Å². The zero-order chi connectivity index (χ0) is 19.5. The fourth-order valence-electron chi connectivity index (χ4n) is 2.83. The molecule has 0 fully saturated rings. The molecular formula is C21H19ClN4O2. The Hall–Kier alpha value is -3.12. The van der Waals surface area contributed by atoms with Crippen molar-refractivity contribution in [3.63, 3.8) is 0 Å². The first kappa shape index (κ1) is 18.3. The summed E-state index contributed by atoms with van der Waals surface area (Å²) in [7, 11) is 0. The van der Waals surface area contributed by atoms with Gasteiger partial charge in [-0.25, -0.2) is 9.97 Å². The Kier molecular flexibility index (Phi) is 5.12. The van der Waals surface area contributed by atoms with Gasteiger partial charge in [-0.2, -0.15) is 0 Å². The van der Waals surface area contributed by atoms with E-state index in [0.717, 1.165) is 16.9 Å². The number of rotatable bonds is 6. The quantitative estimate of drug-likeness (QED) is 0.476. The molecule has 4 rings (SSSR count). The van der Waals surface area contributed by atoms with E-state index >= 15 is 0 Å². The van der Waals surface area contributed by atoms with E-state index in [9.17, 15) is 0 Å². The maximum atomic E-state index is 5.96. The van der Waals surface area contributed by atoms with Crippen LogP contribution in [-0.4, -0.2) is 21.2 Å². The Labute approximate surface area is 167 Å². The van der Waals surface area contributed by atoms with Gasteiger partial charge >= 0.3 is 0 Å². The smallest absolute Gasteiger partial charge is 0.228 e. The van der Waals surface area contributed by atoms with Crippen molar-refractivity contribution < 1.29 is 9.26 Å². The van der Waals surface area contributed by atoms with Crippen LogP contribution in [0, 0.1) is 0 Å². The first-order valence-electron chi connectivity index (χ1n) is 8.96. The molecule has 0 aliphatic rings. The number of fused-ring (bicyclic) bond motifs is 1. The average molecular weight is 395 g/mol. The number of hydrogen-bond donors (Lipinski definition) is 1. The molecule has 6 nitrogen and oxygen atoms in total. The number of benzene rings is 2. The zero-order valence-electron chi connectivity index (χ0n) is 15.5. The minimum Gasteiger partial charge on any atom is -0.491 e. The topological polar surface area (TPSA) is 73.1 Å². The maximum Gasteiger partial charge on any atom is 0.228 e. The largest absolute Gasteiger partial charge is 0.491 e. The van der Waals surface area contributed by atoms with Crippen LogP contribution in [0.15, 0.2) is 59.4 Å². The standard InChI is InChI=1S/C21H19ClN4O2/c1-13(2)27-17-9-3-14(4-10-17)11-23-21-20-19(24-12-25-21)18(26-28-20)15-5-7-16(22)8-6-15/h3-10,12-13H,11H2,1-2H3,(H,23,24,25). The van der Waals surface area contributed by atoms with Crippen LogP contribution >= 0.6 is 11.6 Å². The van der Waals surface area contributed by atoms with E-state index in [2.05, 4.69) is 20.4 Å². The monoisotopic (exact) mass is 394 g/mol. The first-order valence-corrected chi connectivity index (χ1v) is 9.34. The van der Waals surface area contributed by atoms with Crippen molar-refractivity contribution in [3.05, 3.63) is 65.4 Å². The summed E-state index contributed by atoms with van der Waals surface area (Å²) < 4.78 is 11.2. The molecule has 7 heteroatoms. The van der Waals surface area contributed by atoms with Crippen molar-refractivity contribution in [3.8, 4) is 17.0 Å². The molecule has 0 spiro atoms. The van der Waals surface area contributed by atoms with Gasteiger partial charge in [0.25, 0.3) is 0 Å². The minimum atomic E-state index is 0.152. The predicted molar refractivity (Wildman–Crippen MR) is 110 cm³/mol. The van der Waals surface area contributed by atoms with Gasteiger partial charge in [-0.3, -0.25) is 0 Å². The molecule has 1 N–H and O–H groups in total. The van der Waals surface area contributed by atoms with E-state index in [-0.39, 0.29) is 6.10 Å². The van der Waals surface area contributed by atoms with Gasteiger partial charge in [0.1, 0.15) is 23.3 Å². The van der Waals surface area contributed by atoms with Gasteiger partial charge in [0.05, 0.1) is 6.10 Å². The van der Waals surface area contributed by atoms with Gasteiger partial charge in [-0.1, -0.05) is 41.0 Å². The van der Waals surface area contributed by atoms with Crippen molar-refractivity contribution in [2.24, 2.45) is 0 Å². The number of ether oxygens (including phenoxy) is 1. The Morgan fingerprint density at radius 2 is 1.79 bits per heavy atom. The Bertz CT molecular complexity index is 1080. The molecule has 4 aromatic rings. The van der Waals surface area contributed by atoms with Crippen LogP contribution in [0.25, 0.3) is 22.4 Å². The Morgan fingerprint density at radius 1 is 1.04 bits per heavy atom. The van der Waals surface area contributed by atoms with Crippen LogP contribution < -0.4 is 10.1 Å². The van der Waals surface area contributed by atoms with E-state index < -0.39 is 0 Å². The SMILES string of the molecule is CC(C)Oc1ccc(CNc2ncnc3c(-c4ccc(Cl)cc4)noc23)cc1. The highest BCUT2D eigenvalue weighted by atomic mass is 35.5. The molecule has 142 valence electrons. The number of halogens is 1. The van der Waals surface area contributed by atoms with Crippen molar-refractivity contribution in [2.75, 3.05) is 5.32 Å². The number of nitrogens with zero attached hydrogens (tertiary/aromatic N) is 3. The molecule has 0 radical (unpaired) electrons. The second-order valence-corrected chi connectivity index (χ2v) is 7.04. The molecule has 0 saturated heterocycles. The summed E-state index contributed by atoms with van der Waals surface area (Å²) in [5, 5.41) is 8.13. The first-order chi connectivity index (χ1) is 13.6. The van der Waals surface area contributed by atoms with Crippen LogP contribution in [0.1, 0.15) is 19.4 Å². The zero-order valence-corrected chi connectivity index (χ0v) is 16.3. The third-order valence-electron chi connectivity index (χ3n) is 4.13. The molecule has 2 aromatic heterocycles. The molecular weight excluding hydrogens is 376 g/mol. The molecule has 0 amide bonds. The second kappa shape index (κ2) is 7.86. The van der Waals surface area contributed by atoms with Crippen molar-refractivity contribution in [1.29, 1.82) is 0 Å². The number of anilines is 1. The molecule has 0 atom stereocenters. The normalized spacial score (nSPS) is 11.1. The molecule has 0 saturated carbocycles. The lowest BCUT2D eigenvalue weighted by Crippen LogP contribution is -2.06.